The van der Waals surface area contributed by atoms with Crippen molar-refractivity contribution in [2.45, 2.75) is 13.3 Å². The Labute approximate surface area is 119 Å². The van der Waals surface area contributed by atoms with Crippen molar-refractivity contribution in [3.63, 3.8) is 0 Å². The lowest BCUT2D eigenvalue weighted by Crippen LogP contribution is -2.17. The van der Waals surface area contributed by atoms with Crippen molar-refractivity contribution in [3.8, 4) is 5.69 Å². The Bertz CT molecular complexity index is 698. The molecule has 8 heteroatoms. The third-order valence-corrected chi connectivity index (χ3v) is 3.54. The fraction of sp³-hybridized carbons (Fsp3) is 0.308. The molecule has 3 rings (SSSR count). The normalized spacial score (nSPS) is 20.0. The van der Waals surface area contributed by atoms with E-state index >= 15 is 0 Å². The van der Waals surface area contributed by atoms with Crippen molar-refractivity contribution in [2.75, 3.05) is 5.32 Å². The molecule has 0 aliphatic heterocycles. The fourth-order valence-corrected chi connectivity index (χ4v) is 2.15. The van der Waals surface area contributed by atoms with Crippen LogP contribution >= 0.6 is 0 Å². The molecule has 2 aromatic rings. The highest BCUT2D eigenvalue weighted by Gasteiger charge is 2.48. The molecule has 2 unspecified atom stereocenters. The van der Waals surface area contributed by atoms with Crippen LogP contribution in [0.5, 0.6) is 0 Å². The number of tetrazole rings is 1. The molecular weight excluding hydrogens is 274 g/mol. The van der Waals surface area contributed by atoms with Gasteiger partial charge in [-0.2, -0.15) is 0 Å². The second kappa shape index (κ2) is 4.97. The van der Waals surface area contributed by atoms with Gasteiger partial charge in [0.05, 0.1) is 17.5 Å². The highest BCUT2D eigenvalue weighted by molar-refractivity contribution is 5.98. The summed E-state index contributed by atoms with van der Waals surface area (Å²) in [6.45, 7) is 1.86. The van der Waals surface area contributed by atoms with Crippen LogP contribution in [0.3, 0.4) is 0 Å². The molecule has 0 radical (unpaired) electrons. The average molecular weight is 287 g/mol. The maximum Gasteiger partial charge on any atom is 0.307 e. The molecule has 108 valence electrons. The van der Waals surface area contributed by atoms with Gasteiger partial charge in [0.15, 0.2) is 0 Å². The summed E-state index contributed by atoms with van der Waals surface area (Å²) in [7, 11) is 0. The summed E-state index contributed by atoms with van der Waals surface area (Å²) in [4.78, 5) is 22.8. The predicted octanol–water partition coefficient (Wildman–Crippen LogP) is 0.630. The van der Waals surface area contributed by atoms with Gasteiger partial charge in [-0.15, -0.1) is 5.10 Å². The molecule has 21 heavy (non-hydrogen) atoms. The van der Waals surface area contributed by atoms with E-state index in [9.17, 15) is 9.59 Å². The average Bonchev–Trinajstić information content (AvgIpc) is 3.09. The smallest absolute Gasteiger partial charge is 0.307 e. The second-order valence-electron chi connectivity index (χ2n) is 5.03. The van der Waals surface area contributed by atoms with Gasteiger partial charge in [-0.05, 0) is 41.5 Å². The van der Waals surface area contributed by atoms with Crippen LogP contribution in [0.15, 0.2) is 24.5 Å². The van der Waals surface area contributed by atoms with Crippen LogP contribution in [0.1, 0.15) is 12.0 Å². The van der Waals surface area contributed by atoms with E-state index < -0.39 is 17.8 Å². The zero-order valence-corrected chi connectivity index (χ0v) is 11.2. The van der Waals surface area contributed by atoms with Crippen LogP contribution in [-0.2, 0) is 9.59 Å². The minimum absolute atomic E-state index is 0.264. The zero-order chi connectivity index (χ0) is 15.0. The Morgan fingerprint density at radius 2 is 2.19 bits per heavy atom. The number of hydrogen-bond donors (Lipinski definition) is 2. The Morgan fingerprint density at radius 3 is 2.81 bits per heavy atom. The van der Waals surface area contributed by atoms with Crippen molar-refractivity contribution < 1.29 is 14.7 Å². The highest BCUT2D eigenvalue weighted by atomic mass is 16.4. The lowest BCUT2D eigenvalue weighted by atomic mass is 10.1. The van der Waals surface area contributed by atoms with Gasteiger partial charge in [-0.1, -0.05) is 6.07 Å². The first-order valence-corrected chi connectivity index (χ1v) is 6.44. The number of anilines is 1. The maximum absolute atomic E-state index is 12.0. The number of benzene rings is 1. The van der Waals surface area contributed by atoms with Gasteiger partial charge in [0.2, 0.25) is 5.91 Å². The van der Waals surface area contributed by atoms with Crippen molar-refractivity contribution in [3.05, 3.63) is 30.1 Å². The van der Waals surface area contributed by atoms with Crippen LogP contribution in [0.25, 0.3) is 5.69 Å². The number of amides is 1. The Balaban J connectivity index is 1.78. The maximum atomic E-state index is 12.0. The van der Waals surface area contributed by atoms with Gasteiger partial charge < -0.3 is 10.4 Å². The van der Waals surface area contributed by atoms with Gasteiger partial charge >= 0.3 is 5.97 Å². The van der Waals surface area contributed by atoms with Gasteiger partial charge in [0.1, 0.15) is 6.33 Å². The molecule has 0 spiro atoms. The van der Waals surface area contributed by atoms with Crippen LogP contribution in [0.4, 0.5) is 5.69 Å². The first-order valence-electron chi connectivity index (χ1n) is 6.44. The van der Waals surface area contributed by atoms with Crippen molar-refractivity contribution in [1.29, 1.82) is 0 Å². The number of nitrogens with one attached hydrogen (secondary N) is 1. The minimum Gasteiger partial charge on any atom is -0.481 e. The summed E-state index contributed by atoms with van der Waals surface area (Å²) in [5.41, 5.74) is 2.23. The number of nitrogens with zero attached hydrogens (tertiary/aromatic N) is 4. The molecule has 1 aliphatic rings. The second-order valence-corrected chi connectivity index (χ2v) is 5.03. The Morgan fingerprint density at radius 1 is 1.38 bits per heavy atom. The van der Waals surface area contributed by atoms with E-state index in [1.165, 1.54) is 11.0 Å². The van der Waals surface area contributed by atoms with E-state index in [0.717, 1.165) is 5.56 Å². The van der Waals surface area contributed by atoms with Crippen LogP contribution in [0.2, 0.25) is 0 Å². The van der Waals surface area contributed by atoms with Crippen molar-refractivity contribution in [1.82, 2.24) is 20.2 Å². The van der Waals surface area contributed by atoms with E-state index in [0.29, 0.717) is 17.8 Å². The summed E-state index contributed by atoms with van der Waals surface area (Å²) in [6, 6.07) is 5.43. The fourth-order valence-electron chi connectivity index (χ4n) is 2.15. The molecule has 2 atom stereocenters. The van der Waals surface area contributed by atoms with Gasteiger partial charge in [-0.25, -0.2) is 4.68 Å². The summed E-state index contributed by atoms with van der Waals surface area (Å²) >= 11 is 0. The van der Waals surface area contributed by atoms with Crippen LogP contribution in [0, 0.1) is 18.8 Å². The minimum atomic E-state index is -0.922. The molecule has 1 heterocycles. The molecule has 1 aliphatic carbocycles. The Kier molecular flexibility index (Phi) is 3.13. The summed E-state index contributed by atoms with van der Waals surface area (Å²) in [5.74, 6) is -2.19. The van der Waals surface area contributed by atoms with Crippen LogP contribution < -0.4 is 5.32 Å². The molecule has 2 N–H and O–H groups in total. The van der Waals surface area contributed by atoms with E-state index in [-0.39, 0.29) is 5.91 Å². The predicted molar refractivity (Wildman–Crippen MR) is 71.8 cm³/mol. The standard InChI is InChI=1S/C13H13N5O3/c1-7-2-3-8(18-6-14-16-17-18)4-11(7)15-12(19)9-5-10(9)13(20)21/h2-4,6,9-10H,5H2,1H3,(H,15,19)(H,20,21). The number of aromatic nitrogens is 4. The van der Waals surface area contributed by atoms with Crippen molar-refractivity contribution in [2.24, 2.45) is 11.8 Å². The molecule has 0 saturated heterocycles. The number of aryl methyl sites for hydroxylation is 1. The SMILES string of the molecule is Cc1ccc(-n2cnnn2)cc1NC(=O)C1CC1C(=O)O. The third kappa shape index (κ3) is 2.60. The molecule has 1 aromatic heterocycles. The topological polar surface area (TPSA) is 110 Å². The first-order chi connectivity index (χ1) is 10.1. The number of carboxylic acids is 1. The van der Waals surface area contributed by atoms with Gasteiger partial charge in [0, 0.05) is 5.69 Å². The summed E-state index contributed by atoms with van der Waals surface area (Å²) < 4.78 is 1.48. The lowest BCUT2D eigenvalue weighted by molar-refractivity contribution is -0.139. The summed E-state index contributed by atoms with van der Waals surface area (Å²) in [5, 5.41) is 22.5. The molecule has 0 bridgehead atoms. The number of carboxylic acid groups (broad SMARTS) is 1. The van der Waals surface area contributed by atoms with Gasteiger partial charge in [-0.3, -0.25) is 9.59 Å². The summed E-state index contributed by atoms with van der Waals surface area (Å²) in [6.07, 6.45) is 1.85. The van der Waals surface area contributed by atoms with Crippen LogP contribution in [-0.4, -0.2) is 37.2 Å². The molecule has 1 fully saturated rings. The van der Waals surface area contributed by atoms with Crippen molar-refractivity contribution >= 4 is 17.6 Å². The lowest BCUT2D eigenvalue weighted by Gasteiger charge is -2.10. The van der Waals surface area contributed by atoms with Gasteiger partial charge in [0.25, 0.3) is 0 Å². The van der Waals surface area contributed by atoms with E-state index in [4.69, 9.17) is 5.11 Å². The number of hydrogen-bond acceptors (Lipinski definition) is 5. The number of aliphatic carboxylic acids is 1. The Hall–Kier alpha value is -2.77. The first kappa shape index (κ1) is 13.2. The monoisotopic (exact) mass is 287 g/mol. The number of carbonyl (C=O) groups is 2. The molecule has 1 aromatic carbocycles. The number of carbonyl (C=O) groups excluding carboxylic acids is 1. The highest BCUT2D eigenvalue weighted by Crippen LogP contribution is 2.39. The van der Waals surface area contributed by atoms with E-state index in [1.54, 1.807) is 6.07 Å². The molecule has 1 amide bonds. The molecule has 1 saturated carbocycles. The number of rotatable bonds is 4. The quantitative estimate of drug-likeness (QED) is 0.853. The van der Waals surface area contributed by atoms with E-state index in [1.807, 2.05) is 19.1 Å². The largest absolute Gasteiger partial charge is 0.481 e. The zero-order valence-electron chi connectivity index (χ0n) is 11.2. The molecule has 8 nitrogen and oxygen atoms in total. The van der Waals surface area contributed by atoms with E-state index in [2.05, 4.69) is 20.8 Å². The third-order valence-electron chi connectivity index (χ3n) is 3.54. The molecular formula is C13H13N5O3.